The first kappa shape index (κ1) is 52.8. The number of pyridine rings is 1. The van der Waals surface area contributed by atoms with Gasteiger partial charge >= 0.3 is 0 Å². The van der Waals surface area contributed by atoms with Crippen molar-refractivity contribution in [3.63, 3.8) is 0 Å². The monoisotopic (exact) mass is 938 g/mol. The second kappa shape index (κ2) is 25.9. The van der Waals surface area contributed by atoms with Crippen molar-refractivity contribution in [2.45, 2.75) is 180 Å². The summed E-state index contributed by atoms with van der Waals surface area (Å²) in [6.07, 6.45) is 19.6. The number of aliphatic hydroxyl groups is 2. The molecular formula is C57H80FN3O7. The highest BCUT2D eigenvalue weighted by Crippen LogP contribution is 2.62. The number of aliphatic hydroxyl groups excluding tert-OH is 2. The van der Waals surface area contributed by atoms with E-state index in [2.05, 4.69) is 30.6 Å². The number of amides is 1. The molecule has 68 heavy (non-hydrogen) atoms. The zero-order valence-electron chi connectivity index (χ0n) is 41.7. The van der Waals surface area contributed by atoms with Gasteiger partial charge in [-0.1, -0.05) is 107 Å². The number of ether oxygens (including phenoxy) is 3. The highest BCUT2D eigenvalue weighted by atomic mass is 19.1. The minimum absolute atomic E-state index is 0.0241. The third-order valence-electron chi connectivity index (χ3n) is 13.9. The van der Waals surface area contributed by atoms with Crippen molar-refractivity contribution >= 4 is 11.6 Å². The summed E-state index contributed by atoms with van der Waals surface area (Å²) in [6.45, 7) is 15.1. The summed E-state index contributed by atoms with van der Waals surface area (Å²) in [7, 11) is 0. The highest BCUT2D eigenvalue weighted by Gasteiger charge is 2.65. The molecule has 11 heteroatoms. The third kappa shape index (κ3) is 14.0. The van der Waals surface area contributed by atoms with Crippen LogP contribution in [-0.4, -0.2) is 69.0 Å². The van der Waals surface area contributed by atoms with E-state index in [1.54, 1.807) is 18.2 Å². The molecule has 1 aliphatic heterocycles. The van der Waals surface area contributed by atoms with E-state index < -0.39 is 23.3 Å². The predicted molar refractivity (Wildman–Crippen MR) is 268 cm³/mol. The van der Waals surface area contributed by atoms with Crippen LogP contribution in [0.5, 0.6) is 11.5 Å². The molecule has 2 aromatic carbocycles. The van der Waals surface area contributed by atoms with Gasteiger partial charge in [0, 0.05) is 49.8 Å². The Labute approximate surface area is 406 Å². The van der Waals surface area contributed by atoms with E-state index in [-0.39, 0.29) is 62.3 Å². The summed E-state index contributed by atoms with van der Waals surface area (Å²) in [5.74, 6) is -0.963. The minimum atomic E-state index is -1.41. The molecule has 3 aliphatic rings. The van der Waals surface area contributed by atoms with Gasteiger partial charge in [0.2, 0.25) is 11.7 Å². The standard InChI is InChI=1S/C57H80FN3O7/c1-7-9-10-11-12-13-14-15-16-26-53(64)61(39-42-27-29-44(58)30-28-42)52-38-50(60-68-56(4,5)6)48-36-43(23-17-19-33-62)47(25-18-20-34-63)54-49-37-46(65-40-45-24-21-22-41(3)59-45)31-32-51(49)67-57(52,55(48)54)66-35-8-2/h8,21-22,24,27-32,36-37,43,47,52,54-55,62-63H,2,7,9-20,23,25-26,33-35,38-40H2,1,3-6H3/t43-,47+,52-,54+,55+,57+/m0/s1. The molecule has 0 spiro atoms. The van der Waals surface area contributed by atoms with E-state index in [1.807, 2.05) is 62.9 Å². The molecule has 2 heterocycles. The second-order valence-electron chi connectivity index (χ2n) is 20.3. The largest absolute Gasteiger partial charge is 0.487 e. The number of unbranched alkanes of at least 4 members (excludes halogenated alkanes) is 10. The number of halogens is 1. The van der Waals surface area contributed by atoms with Crippen molar-refractivity contribution in [1.82, 2.24) is 9.88 Å². The number of rotatable bonds is 28. The van der Waals surface area contributed by atoms with Gasteiger partial charge in [-0.2, -0.15) is 0 Å². The van der Waals surface area contributed by atoms with E-state index in [0.29, 0.717) is 37.4 Å². The fourth-order valence-electron chi connectivity index (χ4n) is 10.7. The Bertz CT molecular complexity index is 2120. The van der Waals surface area contributed by atoms with Crippen LogP contribution in [0.1, 0.15) is 165 Å². The molecule has 0 unspecified atom stereocenters. The molecule has 3 aromatic rings. The topological polar surface area (TPSA) is 123 Å². The number of hydrogen-bond acceptors (Lipinski definition) is 9. The maximum atomic E-state index is 15.2. The first-order valence-electron chi connectivity index (χ1n) is 25.8. The minimum Gasteiger partial charge on any atom is -0.487 e. The summed E-state index contributed by atoms with van der Waals surface area (Å²) in [5.41, 5.74) is 4.63. The number of aryl methyl sites for hydroxylation is 1. The first-order chi connectivity index (χ1) is 32.9. The summed E-state index contributed by atoms with van der Waals surface area (Å²) < 4.78 is 35.7. The van der Waals surface area contributed by atoms with Crippen molar-refractivity contribution in [3.05, 3.63) is 113 Å². The molecule has 0 bridgehead atoms. The maximum Gasteiger partial charge on any atom is 0.239 e. The van der Waals surface area contributed by atoms with Crippen molar-refractivity contribution in [2.24, 2.45) is 22.9 Å². The van der Waals surface area contributed by atoms with E-state index in [0.717, 1.165) is 85.2 Å². The van der Waals surface area contributed by atoms with E-state index in [9.17, 15) is 14.6 Å². The van der Waals surface area contributed by atoms with Gasteiger partial charge < -0.3 is 34.2 Å². The Hall–Kier alpha value is -4.58. The summed E-state index contributed by atoms with van der Waals surface area (Å²) >= 11 is 0. The zero-order chi connectivity index (χ0) is 48.5. The van der Waals surface area contributed by atoms with Crippen LogP contribution in [0.15, 0.2) is 90.1 Å². The van der Waals surface area contributed by atoms with E-state index in [4.69, 9.17) is 24.2 Å². The van der Waals surface area contributed by atoms with Gasteiger partial charge in [-0.3, -0.25) is 9.78 Å². The molecule has 1 amide bonds. The Morgan fingerprint density at radius 2 is 1.65 bits per heavy atom. The van der Waals surface area contributed by atoms with Crippen LogP contribution in [0.4, 0.5) is 4.39 Å². The number of benzene rings is 2. The Balaban J connectivity index is 1.51. The second-order valence-corrected chi connectivity index (χ2v) is 20.3. The Morgan fingerprint density at radius 1 is 0.941 bits per heavy atom. The van der Waals surface area contributed by atoms with Gasteiger partial charge in [-0.25, -0.2) is 4.39 Å². The van der Waals surface area contributed by atoms with Gasteiger partial charge in [0.05, 0.1) is 23.9 Å². The molecule has 0 saturated heterocycles. The summed E-state index contributed by atoms with van der Waals surface area (Å²) in [4.78, 5) is 28.1. The van der Waals surface area contributed by atoms with Crippen LogP contribution >= 0.6 is 0 Å². The normalized spacial score (nSPS) is 22.4. The Morgan fingerprint density at radius 3 is 2.32 bits per heavy atom. The lowest BCUT2D eigenvalue weighted by atomic mass is 9.55. The lowest BCUT2D eigenvalue weighted by molar-refractivity contribution is -0.258. The number of aromatic nitrogens is 1. The van der Waals surface area contributed by atoms with Gasteiger partial charge in [-0.05, 0) is 125 Å². The average Bonchev–Trinajstić information content (AvgIpc) is 3.32. The molecule has 0 radical (unpaired) electrons. The molecule has 10 nitrogen and oxygen atoms in total. The smallest absolute Gasteiger partial charge is 0.239 e. The Kier molecular flexibility index (Phi) is 20.1. The van der Waals surface area contributed by atoms with Gasteiger partial charge in [-0.15, -0.1) is 6.58 Å². The highest BCUT2D eigenvalue weighted by molar-refractivity contribution is 6.03. The molecule has 6 rings (SSSR count). The van der Waals surface area contributed by atoms with Gasteiger partial charge in [0.15, 0.2) is 0 Å². The summed E-state index contributed by atoms with van der Waals surface area (Å²) in [5, 5.41) is 25.1. The maximum absolute atomic E-state index is 15.2. The van der Waals surface area contributed by atoms with Crippen LogP contribution < -0.4 is 9.47 Å². The number of oxime groups is 1. The molecular weight excluding hydrogens is 858 g/mol. The van der Waals surface area contributed by atoms with Crippen LogP contribution in [0.2, 0.25) is 0 Å². The van der Waals surface area contributed by atoms with Gasteiger partial charge in [0.1, 0.15) is 35.6 Å². The fourth-order valence-corrected chi connectivity index (χ4v) is 10.7. The molecule has 1 saturated carbocycles. The van der Waals surface area contributed by atoms with Gasteiger partial charge in [0.25, 0.3) is 0 Å². The SMILES string of the molecule is C=CCO[C@@]12Oc3ccc(OCc4cccc(C)n4)cc3[C@H]3[C@H](CCCCO)[C@@H](CCCCO)C=C(C(=NOC(C)(C)C)C[C@@H]1N(Cc1ccc(F)cc1)C(=O)CCCCCCCCCCC)[C@H]32. The number of hydrogen-bond donors (Lipinski definition) is 2. The first-order valence-corrected chi connectivity index (χ1v) is 25.8. The molecule has 2 N–H and O–H groups in total. The quantitative estimate of drug-likeness (QED) is 0.0419. The number of carbonyl (C=O) groups excluding carboxylic acids is 1. The molecule has 2 aliphatic carbocycles. The zero-order valence-corrected chi connectivity index (χ0v) is 41.7. The fraction of sp³-hybridized carbons (Fsp3) is 0.596. The third-order valence-corrected chi connectivity index (χ3v) is 13.9. The van der Waals surface area contributed by atoms with E-state index >= 15 is 4.79 Å². The molecule has 1 fully saturated rings. The average molecular weight is 938 g/mol. The van der Waals surface area contributed by atoms with E-state index in [1.165, 1.54) is 44.2 Å². The van der Waals surface area contributed by atoms with Crippen LogP contribution in [0, 0.1) is 30.5 Å². The van der Waals surface area contributed by atoms with Crippen molar-refractivity contribution < 1.29 is 38.4 Å². The predicted octanol–water partition coefficient (Wildman–Crippen LogP) is 12.5. The summed E-state index contributed by atoms with van der Waals surface area (Å²) in [6, 6.07) is 17.6. The van der Waals surface area contributed by atoms with Crippen LogP contribution in [-0.2, 0) is 27.5 Å². The molecule has 6 atom stereocenters. The van der Waals surface area contributed by atoms with Crippen LogP contribution in [0.3, 0.4) is 0 Å². The number of carbonyl (C=O) groups is 1. The number of allylic oxidation sites excluding steroid dienone is 1. The lowest BCUT2D eigenvalue weighted by Crippen LogP contribution is -2.70. The number of fused-ring (bicyclic) bond motifs is 2. The number of nitrogens with zero attached hydrogens (tertiary/aromatic N) is 3. The molecule has 1 aromatic heterocycles. The van der Waals surface area contributed by atoms with Crippen molar-refractivity contribution in [2.75, 3.05) is 19.8 Å². The van der Waals surface area contributed by atoms with Crippen LogP contribution in [0.25, 0.3) is 0 Å². The van der Waals surface area contributed by atoms with Crippen molar-refractivity contribution in [3.8, 4) is 11.5 Å². The molecule has 372 valence electrons. The van der Waals surface area contributed by atoms with Crippen molar-refractivity contribution in [1.29, 1.82) is 0 Å². The lowest BCUT2D eigenvalue weighted by Gasteiger charge is -2.60.